The summed E-state index contributed by atoms with van der Waals surface area (Å²) in [6.07, 6.45) is 1.73. The van der Waals surface area contributed by atoms with Gasteiger partial charge in [0, 0.05) is 23.5 Å². The predicted molar refractivity (Wildman–Crippen MR) is 81.7 cm³/mol. The van der Waals surface area contributed by atoms with Crippen LogP contribution < -0.4 is 15.4 Å². The molecule has 0 aliphatic rings. The molecule has 0 aliphatic heterocycles. The van der Waals surface area contributed by atoms with Crippen molar-refractivity contribution in [3.05, 3.63) is 36.5 Å². The van der Waals surface area contributed by atoms with Crippen LogP contribution in [0.4, 0.5) is 17.5 Å². The number of hydrogen-bond donors (Lipinski definition) is 2. The topological polar surface area (TPSA) is 59.1 Å². The quantitative estimate of drug-likeness (QED) is 0.892. The molecule has 2 aromatic rings. The Morgan fingerprint density at radius 2 is 1.95 bits per heavy atom. The molecule has 1 heterocycles. The lowest BCUT2D eigenvalue weighted by molar-refractivity contribution is 0.415. The van der Waals surface area contributed by atoms with Gasteiger partial charge in [0.05, 0.1) is 7.11 Å². The van der Waals surface area contributed by atoms with Gasteiger partial charge in [-0.1, -0.05) is 6.07 Å². The number of methoxy groups -OCH3 is 1. The molecular weight excluding hydrogens is 252 g/mol. The number of aromatic nitrogens is 2. The molecule has 106 valence electrons. The van der Waals surface area contributed by atoms with E-state index in [0.29, 0.717) is 5.95 Å². The summed E-state index contributed by atoms with van der Waals surface area (Å²) < 4.78 is 5.19. The Labute approximate surface area is 119 Å². The maximum atomic E-state index is 5.19. The highest BCUT2D eigenvalue weighted by molar-refractivity contribution is 5.57. The van der Waals surface area contributed by atoms with E-state index < -0.39 is 0 Å². The van der Waals surface area contributed by atoms with Crippen LogP contribution in [-0.2, 0) is 0 Å². The van der Waals surface area contributed by atoms with Crippen LogP contribution in [0.2, 0.25) is 0 Å². The SMILES string of the molecule is COc1cccc(Nc2nccc(NC(C)(C)C)n2)c1. The van der Waals surface area contributed by atoms with Gasteiger partial charge in [0.2, 0.25) is 5.95 Å². The summed E-state index contributed by atoms with van der Waals surface area (Å²) in [5.41, 5.74) is 0.846. The van der Waals surface area contributed by atoms with E-state index in [0.717, 1.165) is 17.3 Å². The average molecular weight is 272 g/mol. The molecule has 0 fully saturated rings. The van der Waals surface area contributed by atoms with Gasteiger partial charge in [0.1, 0.15) is 11.6 Å². The standard InChI is InChI=1S/C15H20N4O/c1-15(2,3)19-13-8-9-16-14(18-13)17-11-6-5-7-12(10-11)20-4/h5-10H,1-4H3,(H2,16,17,18,19). The maximum absolute atomic E-state index is 5.19. The number of nitrogens with zero attached hydrogens (tertiary/aromatic N) is 2. The van der Waals surface area contributed by atoms with Crippen LogP contribution >= 0.6 is 0 Å². The Morgan fingerprint density at radius 3 is 2.65 bits per heavy atom. The van der Waals surface area contributed by atoms with Crippen LogP contribution in [0.3, 0.4) is 0 Å². The Balaban J connectivity index is 2.15. The average Bonchev–Trinajstić information content (AvgIpc) is 2.37. The molecule has 0 saturated carbocycles. The first-order chi connectivity index (χ1) is 9.46. The van der Waals surface area contributed by atoms with E-state index in [4.69, 9.17) is 4.74 Å². The molecule has 2 rings (SSSR count). The monoisotopic (exact) mass is 272 g/mol. The smallest absolute Gasteiger partial charge is 0.229 e. The molecule has 0 bridgehead atoms. The van der Waals surface area contributed by atoms with Gasteiger partial charge in [-0.05, 0) is 39.0 Å². The number of hydrogen-bond acceptors (Lipinski definition) is 5. The number of ether oxygens (including phenoxy) is 1. The van der Waals surface area contributed by atoms with Gasteiger partial charge in [-0.2, -0.15) is 4.98 Å². The number of benzene rings is 1. The molecule has 20 heavy (non-hydrogen) atoms. The molecule has 5 heteroatoms. The molecule has 0 saturated heterocycles. The summed E-state index contributed by atoms with van der Waals surface area (Å²) >= 11 is 0. The van der Waals surface area contributed by atoms with Gasteiger partial charge >= 0.3 is 0 Å². The van der Waals surface area contributed by atoms with Crippen molar-refractivity contribution in [3.63, 3.8) is 0 Å². The van der Waals surface area contributed by atoms with Crippen molar-refractivity contribution in [3.8, 4) is 5.75 Å². The largest absolute Gasteiger partial charge is 0.497 e. The first-order valence-electron chi connectivity index (χ1n) is 6.48. The van der Waals surface area contributed by atoms with Crippen LogP contribution in [0.5, 0.6) is 5.75 Å². The molecule has 0 atom stereocenters. The zero-order valence-corrected chi connectivity index (χ0v) is 12.3. The molecule has 1 aromatic carbocycles. The first-order valence-corrected chi connectivity index (χ1v) is 6.48. The van der Waals surface area contributed by atoms with Gasteiger partial charge in [-0.3, -0.25) is 0 Å². The Bertz CT molecular complexity index is 578. The lowest BCUT2D eigenvalue weighted by Gasteiger charge is -2.21. The van der Waals surface area contributed by atoms with E-state index in [-0.39, 0.29) is 5.54 Å². The fraction of sp³-hybridized carbons (Fsp3) is 0.333. The van der Waals surface area contributed by atoms with Crippen molar-refractivity contribution >= 4 is 17.5 Å². The van der Waals surface area contributed by atoms with Crippen LogP contribution in [-0.4, -0.2) is 22.6 Å². The van der Waals surface area contributed by atoms with E-state index in [1.54, 1.807) is 13.3 Å². The van der Waals surface area contributed by atoms with Crippen molar-refractivity contribution in [1.29, 1.82) is 0 Å². The van der Waals surface area contributed by atoms with Gasteiger partial charge < -0.3 is 15.4 Å². The summed E-state index contributed by atoms with van der Waals surface area (Å²) in [5.74, 6) is 2.13. The molecule has 0 aliphatic carbocycles. The third-order valence-corrected chi connectivity index (χ3v) is 2.48. The molecular formula is C15H20N4O. The van der Waals surface area contributed by atoms with Gasteiger partial charge in [-0.25, -0.2) is 4.98 Å². The van der Waals surface area contributed by atoms with Gasteiger partial charge in [0.25, 0.3) is 0 Å². The Morgan fingerprint density at radius 1 is 1.15 bits per heavy atom. The lowest BCUT2D eigenvalue weighted by Crippen LogP contribution is -2.26. The third kappa shape index (κ3) is 4.12. The van der Waals surface area contributed by atoms with Gasteiger partial charge in [0.15, 0.2) is 0 Å². The molecule has 0 radical (unpaired) electrons. The molecule has 5 nitrogen and oxygen atoms in total. The van der Waals surface area contributed by atoms with E-state index in [9.17, 15) is 0 Å². The van der Waals surface area contributed by atoms with Crippen LogP contribution in [0.1, 0.15) is 20.8 Å². The minimum atomic E-state index is -0.0401. The van der Waals surface area contributed by atoms with Crippen LogP contribution in [0, 0.1) is 0 Å². The van der Waals surface area contributed by atoms with E-state index in [1.807, 2.05) is 30.3 Å². The normalized spacial score (nSPS) is 11.0. The zero-order chi connectivity index (χ0) is 14.6. The molecule has 1 aromatic heterocycles. The summed E-state index contributed by atoms with van der Waals surface area (Å²) in [6, 6.07) is 9.49. The highest BCUT2D eigenvalue weighted by atomic mass is 16.5. The maximum Gasteiger partial charge on any atom is 0.229 e. The minimum absolute atomic E-state index is 0.0401. The first kappa shape index (κ1) is 14.1. The number of anilines is 3. The molecule has 2 N–H and O–H groups in total. The summed E-state index contributed by atoms with van der Waals surface area (Å²) in [4.78, 5) is 8.65. The highest BCUT2D eigenvalue weighted by Crippen LogP contribution is 2.20. The molecule has 0 unspecified atom stereocenters. The van der Waals surface area contributed by atoms with Crippen LogP contribution in [0.15, 0.2) is 36.5 Å². The van der Waals surface area contributed by atoms with Crippen molar-refractivity contribution in [2.45, 2.75) is 26.3 Å². The summed E-state index contributed by atoms with van der Waals surface area (Å²) in [6.45, 7) is 6.26. The fourth-order valence-electron chi connectivity index (χ4n) is 1.70. The van der Waals surface area contributed by atoms with Crippen LogP contribution in [0.25, 0.3) is 0 Å². The number of nitrogens with one attached hydrogen (secondary N) is 2. The molecule has 0 spiro atoms. The summed E-state index contributed by atoms with van der Waals surface area (Å²) in [5, 5.41) is 6.48. The second-order valence-corrected chi connectivity index (χ2v) is 5.50. The van der Waals surface area contributed by atoms with Crippen molar-refractivity contribution in [1.82, 2.24) is 9.97 Å². The zero-order valence-electron chi connectivity index (χ0n) is 12.3. The van der Waals surface area contributed by atoms with Crippen molar-refractivity contribution in [2.24, 2.45) is 0 Å². The second-order valence-electron chi connectivity index (χ2n) is 5.50. The van der Waals surface area contributed by atoms with Gasteiger partial charge in [-0.15, -0.1) is 0 Å². The second kappa shape index (κ2) is 5.77. The van der Waals surface area contributed by atoms with Crippen molar-refractivity contribution < 1.29 is 4.74 Å². The third-order valence-electron chi connectivity index (χ3n) is 2.48. The predicted octanol–water partition coefficient (Wildman–Crippen LogP) is 3.44. The lowest BCUT2D eigenvalue weighted by atomic mass is 10.1. The van der Waals surface area contributed by atoms with E-state index >= 15 is 0 Å². The van der Waals surface area contributed by atoms with E-state index in [1.165, 1.54) is 0 Å². The van der Waals surface area contributed by atoms with E-state index in [2.05, 4.69) is 41.4 Å². The van der Waals surface area contributed by atoms with Crippen molar-refractivity contribution in [2.75, 3.05) is 17.7 Å². The highest BCUT2D eigenvalue weighted by Gasteiger charge is 2.10. The Hall–Kier alpha value is -2.30. The molecule has 0 amide bonds. The fourth-order valence-corrected chi connectivity index (χ4v) is 1.70. The Kier molecular flexibility index (Phi) is 4.08. The number of rotatable bonds is 4. The summed E-state index contributed by atoms with van der Waals surface area (Å²) in [7, 11) is 1.64. The minimum Gasteiger partial charge on any atom is -0.497 e.